The van der Waals surface area contributed by atoms with Crippen LogP contribution in [0.25, 0.3) is 0 Å². The predicted molar refractivity (Wildman–Crippen MR) is 137 cm³/mol. The number of nitrogens with one attached hydrogen (secondary N) is 2. The summed E-state index contributed by atoms with van der Waals surface area (Å²) in [6.07, 6.45) is 1.41. The zero-order valence-corrected chi connectivity index (χ0v) is 19.4. The summed E-state index contributed by atoms with van der Waals surface area (Å²) < 4.78 is 5.05. The van der Waals surface area contributed by atoms with Crippen molar-refractivity contribution in [3.63, 3.8) is 0 Å². The fraction of sp³-hybridized carbons (Fsp3) is 0.0741. The normalized spacial score (nSPS) is 10.0. The van der Waals surface area contributed by atoms with Crippen LogP contribution in [0.3, 0.4) is 0 Å². The van der Waals surface area contributed by atoms with E-state index in [-0.39, 0.29) is 17.5 Å². The highest BCUT2D eigenvalue weighted by Crippen LogP contribution is 2.23. The van der Waals surface area contributed by atoms with Crippen molar-refractivity contribution < 1.29 is 18.8 Å². The Morgan fingerprint density at radius 2 is 1.57 bits per heavy atom. The average molecular weight is 471 g/mol. The molecule has 0 aliphatic heterocycles. The summed E-state index contributed by atoms with van der Waals surface area (Å²) in [5.41, 5.74) is 15.6. The quantitative estimate of drug-likeness (QED) is 0.242. The van der Waals surface area contributed by atoms with Gasteiger partial charge < -0.3 is 26.5 Å². The Morgan fingerprint density at radius 3 is 2.20 bits per heavy atom. The predicted octanol–water partition coefficient (Wildman–Crippen LogP) is 4.88. The molecule has 2 amide bonds. The van der Waals surface area contributed by atoms with Gasteiger partial charge in [0.05, 0.1) is 12.0 Å². The molecule has 0 fully saturated rings. The first-order valence-corrected chi connectivity index (χ1v) is 10.7. The van der Waals surface area contributed by atoms with E-state index >= 15 is 0 Å². The number of aryl methyl sites for hydroxylation is 1. The van der Waals surface area contributed by atoms with Crippen LogP contribution >= 0.6 is 0 Å². The molecule has 8 nitrogen and oxygen atoms in total. The monoisotopic (exact) mass is 470 g/mol. The Morgan fingerprint density at radius 1 is 0.829 bits per heavy atom. The van der Waals surface area contributed by atoms with E-state index in [2.05, 4.69) is 10.6 Å². The van der Waals surface area contributed by atoms with Gasteiger partial charge in [0.25, 0.3) is 5.91 Å². The molecule has 0 aliphatic carbocycles. The number of benzene rings is 3. The van der Waals surface area contributed by atoms with Gasteiger partial charge in [0.15, 0.2) is 11.5 Å². The van der Waals surface area contributed by atoms with E-state index in [9.17, 15) is 14.4 Å². The number of anilines is 4. The molecule has 0 saturated heterocycles. The summed E-state index contributed by atoms with van der Waals surface area (Å²) in [6, 6.07) is 22.2. The molecule has 35 heavy (non-hydrogen) atoms. The van der Waals surface area contributed by atoms with Crippen molar-refractivity contribution in [1.82, 2.24) is 0 Å². The maximum absolute atomic E-state index is 12.7. The minimum absolute atomic E-state index is 0.0702. The lowest BCUT2D eigenvalue weighted by molar-refractivity contribution is -0.114. The number of carbonyl (C=O) groups is 3. The number of nitrogen functional groups attached to an aromatic ring is 2. The van der Waals surface area contributed by atoms with Crippen LogP contribution in [0.5, 0.6) is 0 Å². The lowest BCUT2D eigenvalue weighted by atomic mass is 10.0. The van der Waals surface area contributed by atoms with E-state index in [1.807, 2.05) is 19.1 Å². The van der Waals surface area contributed by atoms with Crippen molar-refractivity contribution in [3.05, 3.63) is 108 Å². The van der Waals surface area contributed by atoms with Crippen LogP contribution in [0, 0.1) is 6.92 Å². The molecular formula is C27H26N4O4. The fourth-order valence-electron chi connectivity index (χ4n) is 3.15. The molecule has 0 saturated carbocycles. The van der Waals surface area contributed by atoms with Gasteiger partial charge >= 0.3 is 0 Å². The minimum Gasteiger partial charge on any atom is -0.459 e. The summed E-state index contributed by atoms with van der Waals surface area (Å²) in [5.74, 6) is -0.548. The second-order valence-corrected chi connectivity index (χ2v) is 7.68. The molecule has 4 rings (SSSR count). The van der Waals surface area contributed by atoms with Gasteiger partial charge in [-0.2, -0.15) is 0 Å². The first-order valence-electron chi connectivity index (χ1n) is 10.7. The van der Waals surface area contributed by atoms with Gasteiger partial charge in [-0.15, -0.1) is 0 Å². The second kappa shape index (κ2) is 11.3. The van der Waals surface area contributed by atoms with Gasteiger partial charge in [0.2, 0.25) is 5.91 Å². The van der Waals surface area contributed by atoms with Gasteiger partial charge in [-0.05, 0) is 61.0 Å². The molecule has 0 aliphatic rings. The Labute approximate surface area is 202 Å². The summed E-state index contributed by atoms with van der Waals surface area (Å²) in [7, 11) is 0. The molecule has 178 valence electrons. The fourth-order valence-corrected chi connectivity index (χ4v) is 3.15. The van der Waals surface area contributed by atoms with Crippen LogP contribution < -0.4 is 22.1 Å². The summed E-state index contributed by atoms with van der Waals surface area (Å²) in [4.78, 5) is 35.4. The number of ketones is 1. The molecular weight excluding hydrogens is 444 g/mol. The third-order valence-corrected chi connectivity index (χ3v) is 4.91. The molecule has 1 aromatic heterocycles. The maximum atomic E-state index is 12.7. The van der Waals surface area contributed by atoms with Crippen LogP contribution in [0.4, 0.5) is 22.7 Å². The third-order valence-electron chi connectivity index (χ3n) is 4.91. The Hall–Kier alpha value is -4.85. The first-order chi connectivity index (χ1) is 16.7. The number of hydrogen-bond donors (Lipinski definition) is 4. The molecule has 0 atom stereocenters. The van der Waals surface area contributed by atoms with E-state index < -0.39 is 5.91 Å². The van der Waals surface area contributed by atoms with Crippen molar-refractivity contribution in [1.29, 1.82) is 0 Å². The molecule has 0 unspecified atom stereocenters. The number of furan rings is 1. The smallest absolute Gasteiger partial charge is 0.291 e. The molecule has 4 aromatic rings. The number of hydrogen-bond acceptors (Lipinski definition) is 6. The molecule has 1 heterocycles. The van der Waals surface area contributed by atoms with Gasteiger partial charge in [-0.1, -0.05) is 30.3 Å². The molecule has 0 bridgehead atoms. The van der Waals surface area contributed by atoms with Gasteiger partial charge in [-0.3, -0.25) is 14.4 Å². The van der Waals surface area contributed by atoms with Gasteiger partial charge in [-0.25, -0.2) is 0 Å². The van der Waals surface area contributed by atoms with Gasteiger partial charge in [0, 0.05) is 35.1 Å². The lowest BCUT2D eigenvalue weighted by Crippen LogP contribution is -2.15. The maximum Gasteiger partial charge on any atom is 0.291 e. The average Bonchev–Trinajstić information content (AvgIpc) is 3.38. The van der Waals surface area contributed by atoms with Crippen LogP contribution in [-0.4, -0.2) is 17.6 Å². The Balaban J connectivity index is 0.000000241. The van der Waals surface area contributed by atoms with E-state index in [0.717, 1.165) is 16.9 Å². The molecule has 8 heteroatoms. The highest BCUT2D eigenvalue weighted by atomic mass is 16.3. The van der Waals surface area contributed by atoms with Crippen molar-refractivity contribution in [2.75, 3.05) is 22.1 Å². The SMILES string of the molecule is CC(=O)Nc1ccc(N)c(C)c1.Nc1ccc(NC(=O)c2ccco2)c(C(=O)c2ccccc2)c1. The highest BCUT2D eigenvalue weighted by molar-refractivity contribution is 6.15. The van der Waals surface area contributed by atoms with Crippen LogP contribution in [0.2, 0.25) is 0 Å². The molecule has 0 spiro atoms. The van der Waals surface area contributed by atoms with E-state index in [1.54, 1.807) is 66.7 Å². The Kier molecular flexibility index (Phi) is 8.02. The standard InChI is InChI=1S/C18H14N2O3.C9H12N2O/c19-13-8-9-15(20-18(22)16-7-4-10-23-16)14(11-13)17(21)12-5-2-1-3-6-12;1-6-5-8(11-7(2)12)3-4-9(6)10/h1-11H,19H2,(H,20,22);3-5H,10H2,1-2H3,(H,11,12). The highest BCUT2D eigenvalue weighted by Gasteiger charge is 2.17. The van der Waals surface area contributed by atoms with E-state index in [0.29, 0.717) is 22.5 Å². The largest absolute Gasteiger partial charge is 0.459 e. The first kappa shape index (κ1) is 24.8. The minimum atomic E-state index is -0.429. The number of nitrogens with two attached hydrogens (primary N) is 2. The molecule has 3 aromatic carbocycles. The zero-order valence-electron chi connectivity index (χ0n) is 19.4. The van der Waals surface area contributed by atoms with E-state index in [1.165, 1.54) is 13.2 Å². The summed E-state index contributed by atoms with van der Waals surface area (Å²) in [5, 5.41) is 5.36. The number of carbonyl (C=O) groups excluding carboxylic acids is 3. The molecule has 6 N–H and O–H groups in total. The van der Waals surface area contributed by atoms with Crippen molar-refractivity contribution in [2.24, 2.45) is 0 Å². The van der Waals surface area contributed by atoms with Crippen LogP contribution in [0.15, 0.2) is 89.5 Å². The zero-order chi connectivity index (χ0) is 25.4. The van der Waals surface area contributed by atoms with E-state index in [4.69, 9.17) is 15.9 Å². The van der Waals surface area contributed by atoms with Crippen molar-refractivity contribution >= 4 is 40.3 Å². The topological polar surface area (TPSA) is 140 Å². The van der Waals surface area contributed by atoms with Crippen molar-refractivity contribution in [3.8, 4) is 0 Å². The number of amides is 2. The van der Waals surface area contributed by atoms with Gasteiger partial charge in [0.1, 0.15) is 0 Å². The lowest BCUT2D eigenvalue weighted by Gasteiger charge is -2.10. The van der Waals surface area contributed by atoms with Crippen LogP contribution in [0.1, 0.15) is 39.0 Å². The second-order valence-electron chi connectivity index (χ2n) is 7.68. The summed E-state index contributed by atoms with van der Waals surface area (Å²) in [6.45, 7) is 3.38. The van der Waals surface area contributed by atoms with Crippen molar-refractivity contribution in [2.45, 2.75) is 13.8 Å². The third kappa shape index (κ3) is 6.82. The molecule has 0 radical (unpaired) electrons. The van der Waals surface area contributed by atoms with Crippen LogP contribution in [-0.2, 0) is 4.79 Å². The Bertz CT molecular complexity index is 1330. The number of rotatable bonds is 5. The summed E-state index contributed by atoms with van der Waals surface area (Å²) >= 11 is 0.